The fourth-order valence-electron chi connectivity index (χ4n) is 1.77. The number of nitrogens with one attached hydrogen (secondary N) is 1. The number of alkyl carbamates (subject to hydrolysis) is 1. The third-order valence-corrected chi connectivity index (χ3v) is 3.58. The van der Waals surface area contributed by atoms with Crippen LogP contribution in [0.5, 0.6) is 0 Å². The van der Waals surface area contributed by atoms with Crippen LogP contribution in [0.3, 0.4) is 0 Å². The highest BCUT2D eigenvalue weighted by Crippen LogP contribution is 2.28. The third-order valence-electron chi connectivity index (χ3n) is 2.62. The summed E-state index contributed by atoms with van der Waals surface area (Å²) in [5, 5.41) is 4.66. The van der Waals surface area contributed by atoms with Gasteiger partial charge in [0.05, 0.1) is 18.1 Å². The van der Waals surface area contributed by atoms with Crippen LogP contribution in [0.25, 0.3) is 0 Å². The minimum atomic E-state index is -0.479. The quantitative estimate of drug-likeness (QED) is 0.686. The normalized spacial score (nSPS) is 15.2. The number of carbonyl (C=O) groups excluding carboxylic acids is 1. The van der Waals surface area contributed by atoms with Gasteiger partial charge in [0.25, 0.3) is 0 Å². The van der Waals surface area contributed by atoms with Crippen molar-refractivity contribution in [2.75, 3.05) is 19.8 Å². The first-order chi connectivity index (χ1) is 10.4. The fraction of sp³-hybridized carbons (Fsp3) is 0.562. The number of ether oxygens (including phenoxy) is 3. The van der Waals surface area contributed by atoms with E-state index in [2.05, 4.69) is 17.2 Å². The number of thiophene rings is 1. The Labute approximate surface area is 134 Å². The Morgan fingerprint density at radius 2 is 2.18 bits per heavy atom. The van der Waals surface area contributed by atoms with Crippen LogP contribution in [0.1, 0.15) is 43.9 Å². The van der Waals surface area contributed by atoms with Gasteiger partial charge in [-0.2, -0.15) is 0 Å². The summed E-state index contributed by atoms with van der Waals surface area (Å²) < 4.78 is 16.0. The first kappa shape index (κ1) is 16.8. The lowest BCUT2D eigenvalue weighted by molar-refractivity contribution is -0.0413. The van der Waals surface area contributed by atoms with E-state index in [1.807, 2.05) is 32.2 Å². The number of carbonyl (C=O) groups is 1. The van der Waals surface area contributed by atoms with Gasteiger partial charge in [-0.15, -0.1) is 11.3 Å². The van der Waals surface area contributed by atoms with E-state index < -0.39 is 11.7 Å². The smallest absolute Gasteiger partial charge is 0.407 e. The maximum atomic E-state index is 11.4. The summed E-state index contributed by atoms with van der Waals surface area (Å²) in [7, 11) is 0. The molecule has 0 spiro atoms. The van der Waals surface area contributed by atoms with Crippen LogP contribution in [0.4, 0.5) is 4.79 Å². The summed E-state index contributed by atoms with van der Waals surface area (Å²) in [6.07, 6.45) is -0.0852. The number of hydrogen-bond donors (Lipinski definition) is 1. The molecule has 0 saturated carbocycles. The van der Waals surface area contributed by atoms with Gasteiger partial charge < -0.3 is 19.5 Å². The van der Waals surface area contributed by atoms with E-state index in [1.165, 1.54) is 0 Å². The van der Waals surface area contributed by atoms with Crippen molar-refractivity contribution in [1.82, 2.24) is 5.32 Å². The lowest BCUT2D eigenvalue weighted by Gasteiger charge is -2.19. The molecule has 0 atom stereocenters. The van der Waals surface area contributed by atoms with Crippen LogP contribution in [-0.4, -0.2) is 31.5 Å². The van der Waals surface area contributed by atoms with Crippen LogP contribution < -0.4 is 5.32 Å². The molecule has 1 aromatic rings. The molecule has 0 aliphatic carbocycles. The molecule has 1 aliphatic rings. The summed E-state index contributed by atoms with van der Waals surface area (Å²) in [6.45, 7) is 7.24. The first-order valence-electron chi connectivity index (χ1n) is 7.21. The first-order valence-corrected chi connectivity index (χ1v) is 8.09. The molecule has 5 nitrogen and oxygen atoms in total. The second-order valence-electron chi connectivity index (χ2n) is 5.79. The molecule has 22 heavy (non-hydrogen) atoms. The Hall–Kier alpha value is -1.55. The molecular formula is C16H21NO4S. The van der Waals surface area contributed by atoms with E-state index in [1.54, 1.807) is 11.3 Å². The van der Waals surface area contributed by atoms with Crippen LogP contribution in [-0.2, 0) is 14.2 Å². The SMILES string of the molecule is CC(C)(C)OC(=O)NCCC#Cc1csc(C2OCCO2)c1. The molecule has 1 N–H and O–H groups in total. The average molecular weight is 323 g/mol. The number of amides is 1. The molecule has 0 bridgehead atoms. The Morgan fingerprint density at radius 1 is 1.45 bits per heavy atom. The van der Waals surface area contributed by atoms with Crippen molar-refractivity contribution in [2.45, 2.75) is 39.1 Å². The summed E-state index contributed by atoms with van der Waals surface area (Å²) in [5.41, 5.74) is 0.462. The summed E-state index contributed by atoms with van der Waals surface area (Å²) in [4.78, 5) is 12.5. The second kappa shape index (κ2) is 7.63. The largest absolute Gasteiger partial charge is 0.444 e. The zero-order valence-electron chi connectivity index (χ0n) is 13.1. The molecule has 1 fully saturated rings. The van der Waals surface area contributed by atoms with Gasteiger partial charge in [0, 0.05) is 23.9 Å². The molecule has 6 heteroatoms. The van der Waals surface area contributed by atoms with Crippen molar-refractivity contribution in [3.8, 4) is 11.8 Å². The standard InChI is InChI=1S/C16H21NO4S/c1-16(2,3)21-15(18)17-7-5-4-6-12-10-13(22-11-12)14-19-8-9-20-14/h10-11,14H,5,7-9H2,1-3H3,(H,17,18). The maximum absolute atomic E-state index is 11.4. The van der Waals surface area contributed by atoms with Crippen LogP contribution in [0.2, 0.25) is 0 Å². The fourth-order valence-corrected chi connectivity index (χ4v) is 2.60. The Balaban J connectivity index is 1.71. The van der Waals surface area contributed by atoms with Crippen molar-refractivity contribution < 1.29 is 19.0 Å². The molecule has 1 amide bonds. The highest BCUT2D eigenvalue weighted by Gasteiger charge is 2.19. The zero-order valence-corrected chi connectivity index (χ0v) is 13.9. The molecule has 0 unspecified atom stereocenters. The Morgan fingerprint density at radius 3 is 2.86 bits per heavy atom. The molecule has 2 rings (SSSR count). The average Bonchev–Trinajstić information content (AvgIpc) is 3.06. The van der Waals surface area contributed by atoms with E-state index in [4.69, 9.17) is 14.2 Å². The van der Waals surface area contributed by atoms with Crippen molar-refractivity contribution in [3.63, 3.8) is 0 Å². The van der Waals surface area contributed by atoms with Crippen molar-refractivity contribution >= 4 is 17.4 Å². The van der Waals surface area contributed by atoms with Crippen LogP contribution in [0.15, 0.2) is 11.4 Å². The molecule has 0 aromatic carbocycles. The number of rotatable bonds is 3. The summed E-state index contributed by atoms with van der Waals surface area (Å²) >= 11 is 1.58. The third kappa shape index (κ3) is 5.68. The molecule has 120 valence electrons. The van der Waals surface area contributed by atoms with Crippen molar-refractivity contribution in [2.24, 2.45) is 0 Å². The van der Waals surface area contributed by atoms with Crippen LogP contribution in [0, 0.1) is 11.8 Å². The lowest BCUT2D eigenvalue weighted by atomic mass is 10.2. The van der Waals surface area contributed by atoms with Crippen LogP contribution >= 0.6 is 11.3 Å². The van der Waals surface area contributed by atoms with Gasteiger partial charge in [0.1, 0.15) is 5.60 Å². The highest BCUT2D eigenvalue weighted by atomic mass is 32.1. The molecule has 0 radical (unpaired) electrons. The van der Waals surface area contributed by atoms with Crippen molar-refractivity contribution in [1.29, 1.82) is 0 Å². The zero-order chi connectivity index (χ0) is 16.0. The minimum Gasteiger partial charge on any atom is -0.444 e. The molecular weight excluding hydrogens is 302 g/mol. The number of hydrogen-bond acceptors (Lipinski definition) is 5. The predicted molar refractivity (Wildman–Crippen MR) is 84.7 cm³/mol. The summed E-state index contributed by atoms with van der Waals surface area (Å²) in [6, 6.07) is 1.98. The van der Waals surface area contributed by atoms with Gasteiger partial charge in [-0.05, 0) is 26.8 Å². The minimum absolute atomic E-state index is 0.241. The van der Waals surface area contributed by atoms with Gasteiger partial charge in [-0.25, -0.2) is 4.79 Å². The van der Waals surface area contributed by atoms with Crippen molar-refractivity contribution in [3.05, 3.63) is 21.9 Å². The van der Waals surface area contributed by atoms with E-state index in [-0.39, 0.29) is 6.29 Å². The Kier molecular flexibility index (Phi) is 5.83. The molecule has 1 saturated heterocycles. The molecule has 1 aromatic heterocycles. The monoisotopic (exact) mass is 323 g/mol. The highest BCUT2D eigenvalue weighted by molar-refractivity contribution is 7.10. The summed E-state index contributed by atoms with van der Waals surface area (Å²) in [5.74, 6) is 6.10. The molecule has 1 aliphatic heterocycles. The topological polar surface area (TPSA) is 56.8 Å². The van der Waals surface area contributed by atoms with E-state index in [0.717, 1.165) is 10.4 Å². The van der Waals surface area contributed by atoms with Gasteiger partial charge in [-0.1, -0.05) is 11.8 Å². The maximum Gasteiger partial charge on any atom is 0.407 e. The predicted octanol–water partition coefficient (Wildman–Crippen LogP) is 3.06. The lowest BCUT2D eigenvalue weighted by Crippen LogP contribution is -2.32. The van der Waals surface area contributed by atoms with Gasteiger partial charge in [0.15, 0.2) is 6.29 Å². The van der Waals surface area contributed by atoms with Gasteiger partial charge in [-0.3, -0.25) is 0 Å². The van der Waals surface area contributed by atoms with Gasteiger partial charge in [0.2, 0.25) is 0 Å². The van der Waals surface area contributed by atoms with E-state index in [0.29, 0.717) is 26.2 Å². The van der Waals surface area contributed by atoms with Gasteiger partial charge >= 0.3 is 6.09 Å². The second-order valence-corrected chi connectivity index (χ2v) is 6.73. The Bertz CT molecular complexity index is 559. The van der Waals surface area contributed by atoms with E-state index in [9.17, 15) is 4.79 Å². The van der Waals surface area contributed by atoms with E-state index >= 15 is 0 Å². The molecule has 2 heterocycles.